The molecule has 96 valence electrons. The molecule has 16 heavy (non-hydrogen) atoms. The molecular weight excluding hydrogens is 198 g/mol. The van der Waals surface area contributed by atoms with Crippen LogP contribution in [-0.4, -0.2) is 63.2 Å². The zero-order valence-electron chi connectivity index (χ0n) is 11.3. The van der Waals surface area contributed by atoms with Crippen LogP contribution in [0.4, 0.5) is 0 Å². The average molecular weight is 227 g/mol. The van der Waals surface area contributed by atoms with Crippen molar-refractivity contribution >= 4 is 0 Å². The second kappa shape index (κ2) is 8.04. The van der Waals surface area contributed by atoms with Crippen LogP contribution in [-0.2, 0) is 0 Å². The Morgan fingerprint density at radius 3 is 2.75 bits per heavy atom. The van der Waals surface area contributed by atoms with E-state index in [0.29, 0.717) is 0 Å². The molecule has 1 rings (SSSR count). The molecule has 0 aromatic carbocycles. The van der Waals surface area contributed by atoms with Crippen LogP contribution in [0.15, 0.2) is 0 Å². The van der Waals surface area contributed by atoms with Crippen molar-refractivity contribution < 1.29 is 0 Å². The molecule has 1 unspecified atom stereocenters. The van der Waals surface area contributed by atoms with Crippen LogP contribution in [0, 0.1) is 0 Å². The minimum atomic E-state index is 0.829. The molecule has 0 bridgehead atoms. The molecule has 0 amide bonds. The molecule has 1 saturated heterocycles. The lowest BCUT2D eigenvalue weighted by atomic mass is 10.0. The van der Waals surface area contributed by atoms with Crippen molar-refractivity contribution in [1.82, 2.24) is 15.1 Å². The van der Waals surface area contributed by atoms with E-state index in [-0.39, 0.29) is 0 Å². The van der Waals surface area contributed by atoms with Gasteiger partial charge in [0.1, 0.15) is 0 Å². The monoisotopic (exact) mass is 227 g/mol. The van der Waals surface area contributed by atoms with Crippen molar-refractivity contribution in [3.8, 4) is 0 Å². The Morgan fingerprint density at radius 1 is 1.25 bits per heavy atom. The fraction of sp³-hybridized carbons (Fsp3) is 1.00. The highest BCUT2D eigenvalue weighted by atomic mass is 15.1. The molecule has 3 heteroatoms. The average Bonchev–Trinajstić information content (AvgIpc) is 2.25. The minimum Gasteiger partial charge on any atom is -0.317 e. The van der Waals surface area contributed by atoms with Crippen LogP contribution in [0.25, 0.3) is 0 Å². The number of nitrogens with one attached hydrogen (secondary N) is 1. The summed E-state index contributed by atoms with van der Waals surface area (Å²) in [5, 5.41) is 3.56. The van der Waals surface area contributed by atoms with Gasteiger partial charge in [0.25, 0.3) is 0 Å². The van der Waals surface area contributed by atoms with Crippen LogP contribution in [0.3, 0.4) is 0 Å². The summed E-state index contributed by atoms with van der Waals surface area (Å²) in [6.07, 6.45) is 6.79. The highest BCUT2D eigenvalue weighted by molar-refractivity contribution is 4.74. The van der Waals surface area contributed by atoms with Crippen LogP contribution < -0.4 is 5.32 Å². The summed E-state index contributed by atoms with van der Waals surface area (Å²) < 4.78 is 0. The third-order valence-corrected chi connectivity index (χ3v) is 3.53. The summed E-state index contributed by atoms with van der Waals surface area (Å²) in [6.45, 7) is 4.83. The third-order valence-electron chi connectivity index (χ3n) is 3.53. The van der Waals surface area contributed by atoms with Gasteiger partial charge in [0.05, 0.1) is 0 Å². The van der Waals surface area contributed by atoms with Gasteiger partial charge in [-0.2, -0.15) is 0 Å². The number of likely N-dealkylation sites (tertiary alicyclic amines) is 1. The van der Waals surface area contributed by atoms with Gasteiger partial charge >= 0.3 is 0 Å². The fourth-order valence-electron chi connectivity index (χ4n) is 2.42. The van der Waals surface area contributed by atoms with Crippen LogP contribution in [0.1, 0.15) is 32.1 Å². The Morgan fingerprint density at radius 2 is 2.06 bits per heavy atom. The summed E-state index contributed by atoms with van der Waals surface area (Å²) in [5.41, 5.74) is 0. The van der Waals surface area contributed by atoms with Gasteiger partial charge in [0, 0.05) is 6.04 Å². The van der Waals surface area contributed by atoms with Crippen LogP contribution in [0.2, 0.25) is 0 Å². The Balaban J connectivity index is 1.94. The Kier molecular flexibility index (Phi) is 7.01. The second-order valence-corrected chi connectivity index (χ2v) is 5.33. The van der Waals surface area contributed by atoms with E-state index in [0.717, 1.165) is 12.6 Å². The Labute approximate surface area is 101 Å². The minimum absolute atomic E-state index is 0.829. The number of hydrogen-bond donors (Lipinski definition) is 1. The lowest BCUT2D eigenvalue weighted by molar-refractivity contribution is 0.175. The zero-order chi connectivity index (χ0) is 11.8. The lowest BCUT2D eigenvalue weighted by Crippen LogP contribution is -2.38. The van der Waals surface area contributed by atoms with Gasteiger partial charge in [-0.05, 0) is 73.0 Å². The topological polar surface area (TPSA) is 18.5 Å². The standard InChI is InChI=1S/C13H29N3/c1-15(2)11-6-9-14-10-8-13-7-4-5-12-16(13)3/h13-14H,4-12H2,1-3H3. The number of nitrogens with zero attached hydrogens (tertiary/aromatic N) is 2. The molecule has 1 aliphatic rings. The number of rotatable bonds is 7. The highest BCUT2D eigenvalue weighted by Gasteiger charge is 2.17. The summed E-state index contributed by atoms with van der Waals surface area (Å²) in [5.74, 6) is 0. The van der Waals surface area contributed by atoms with E-state index in [9.17, 15) is 0 Å². The first kappa shape index (κ1) is 13.9. The molecule has 3 nitrogen and oxygen atoms in total. The molecule has 0 saturated carbocycles. The molecule has 1 fully saturated rings. The molecule has 1 aliphatic heterocycles. The van der Waals surface area contributed by atoms with Crippen molar-refractivity contribution in [2.75, 3.05) is 47.3 Å². The van der Waals surface area contributed by atoms with Crippen LogP contribution >= 0.6 is 0 Å². The third kappa shape index (κ3) is 5.83. The number of piperidine rings is 1. The summed E-state index contributed by atoms with van der Waals surface area (Å²) in [4.78, 5) is 4.78. The molecule has 1 atom stereocenters. The molecule has 1 N–H and O–H groups in total. The largest absolute Gasteiger partial charge is 0.317 e. The van der Waals surface area contributed by atoms with Gasteiger partial charge in [0.2, 0.25) is 0 Å². The zero-order valence-corrected chi connectivity index (χ0v) is 11.3. The van der Waals surface area contributed by atoms with Gasteiger partial charge in [-0.1, -0.05) is 6.42 Å². The second-order valence-electron chi connectivity index (χ2n) is 5.33. The van der Waals surface area contributed by atoms with E-state index < -0.39 is 0 Å². The van der Waals surface area contributed by atoms with E-state index in [1.165, 1.54) is 51.7 Å². The van der Waals surface area contributed by atoms with Gasteiger partial charge in [-0.25, -0.2) is 0 Å². The highest BCUT2D eigenvalue weighted by Crippen LogP contribution is 2.16. The van der Waals surface area contributed by atoms with Gasteiger partial charge in [-0.15, -0.1) is 0 Å². The quantitative estimate of drug-likeness (QED) is 0.663. The van der Waals surface area contributed by atoms with Crippen molar-refractivity contribution in [2.45, 2.75) is 38.1 Å². The van der Waals surface area contributed by atoms with E-state index in [1.807, 2.05) is 0 Å². The predicted octanol–water partition coefficient (Wildman–Crippen LogP) is 1.40. The van der Waals surface area contributed by atoms with Crippen molar-refractivity contribution in [1.29, 1.82) is 0 Å². The smallest absolute Gasteiger partial charge is 0.0104 e. The van der Waals surface area contributed by atoms with Crippen molar-refractivity contribution in [3.05, 3.63) is 0 Å². The van der Waals surface area contributed by atoms with E-state index >= 15 is 0 Å². The molecule has 1 heterocycles. The Hall–Kier alpha value is -0.120. The maximum atomic E-state index is 3.56. The molecule has 0 spiro atoms. The predicted molar refractivity (Wildman–Crippen MR) is 70.9 cm³/mol. The Bertz CT molecular complexity index is 171. The first-order valence-corrected chi connectivity index (χ1v) is 6.76. The van der Waals surface area contributed by atoms with E-state index in [4.69, 9.17) is 0 Å². The van der Waals surface area contributed by atoms with E-state index in [1.54, 1.807) is 0 Å². The first-order valence-electron chi connectivity index (χ1n) is 6.76. The first-order chi connectivity index (χ1) is 7.70. The SMILES string of the molecule is CN(C)CCCNCCC1CCCCN1C. The molecular formula is C13H29N3. The molecule has 0 aromatic rings. The maximum absolute atomic E-state index is 3.56. The normalized spacial score (nSPS) is 22.9. The molecule has 0 aliphatic carbocycles. The molecule has 0 radical (unpaired) electrons. The number of hydrogen-bond acceptors (Lipinski definition) is 3. The summed E-state index contributed by atoms with van der Waals surface area (Å²) >= 11 is 0. The fourth-order valence-corrected chi connectivity index (χ4v) is 2.42. The van der Waals surface area contributed by atoms with Gasteiger partial charge in [0.15, 0.2) is 0 Å². The van der Waals surface area contributed by atoms with Gasteiger partial charge in [-0.3, -0.25) is 0 Å². The van der Waals surface area contributed by atoms with Crippen molar-refractivity contribution in [3.63, 3.8) is 0 Å². The summed E-state index contributed by atoms with van der Waals surface area (Å²) in [6, 6.07) is 0.829. The molecule has 0 aromatic heterocycles. The summed E-state index contributed by atoms with van der Waals surface area (Å²) in [7, 11) is 6.55. The van der Waals surface area contributed by atoms with Gasteiger partial charge < -0.3 is 15.1 Å². The maximum Gasteiger partial charge on any atom is 0.0104 e. The van der Waals surface area contributed by atoms with Crippen LogP contribution in [0.5, 0.6) is 0 Å². The lowest BCUT2D eigenvalue weighted by Gasteiger charge is -2.32. The van der Waals surface area contributed by atoms with E-state index in [2.05, 4.69) is 36.3 Å². The van der Waals surface area contributed by atoms with Crippen molar-refractivity contribution in [2.24, 2.45) is 0 Å².